The Morgan fingerprint density at radius 1 is 1.00 bits per heavy atom. The molecule has 0 saturated heterocycles. The van der Waals surface area contributed by atoms with E-state index in [1.54, 1.807) is 12.1 Å². The normalized spacial score (nSPS) is 13.0. The predicted molar refractivity (Wildman–Crippen MR) is 85.7 cm³/mol. The van der Waals surface area contributed by atoms with E-state index in [0.717, 1.165) is 18.4 Å². The van der Waals surface area contributed by atoms with Crippen LogP contribution in [0.3, 0.4) is 0 Å². The van der Waals surface area contributed by atoms with E-state index in [1.165, 1.54) is 5.56 Å². The minimum absolute atomic E-state index is 0.102. The fourth-order valence-electron chi connectivity index (χ4n) is 2.27. The molecule has 0 fully saturated rings. The smallest absolute Gasteiger partial charge is 0.208 e. The van der Waals surface area contributed by atoms with Gasteiger partial charge in [-0.15, -0.1) is 0 Å². The van der Waals surface area contributed by atoms with E-state index in [4.69, 9.17) is 0 Å². The topological polar surface area (TPSA) is 46.2 Å². The first-order chi connectivity index (χ1) is 9.99. The third kappa shape index (κ3) is 4.41. The first kappa shape index (κ1) is 15.7. The van der Waals surface area contributed by atoms with Gasteiger partial charge in [0, 0.05) is 6.04 Å². The van der Waals surface area contributed by atoms with Crippen molar-refractivity contribution in [2.45, 2.75) is 37.6 Å². The van der Waals surface area contributed by atoms with Gasteiger partial charge in [0.25, 0.3) is 0 Å². The predicted octanol–water partition coefficient (Wildman–Crippen LogP) is 3.29. The van der Waals surface area contributed by atoms with Crippen molar-refractivity contribution in [2.24, 2.45) is 0 Å². The highest BCUT2D eigenvalue weighted by molar-refractivity contribution is 7.89. The Balaban J connectivity index is 1.99. The molecule has 0 amide bonds. The Bertz CT molecular complexity index is 681. The zero-order valence-electron chi connectivity index (χ0n) is 12.4. The Hall–Kier alpha value is -1.65. The fourth-order valence-corrected chi connectivity index (χ4v) is 3.80. The van der Waals surface area contributed by atoms with Gasteiger partial charge in [-0.1, -0.05) is 48.5 Å². The van der Waals surface area contributed by atoms with Crippen LogP contribution in [-0.4, -0.2) is 14.5 Å². The molecule has 112 valence electrons. The highest BCUT2D eigenvalue weighted by Crippen LogP contribution is 2.15. The van der Waals surface area contributed by atoms with Gasteiger partial charge >= 0.3 is 0 Å². The maximum atomic E-state index is 12.4. The van der Waals surface area contributed by atoms with Crippen LogP contribution in [-0.2, 0) is 16.4 Å². The molecule has 21 heavy (non-hydrogen) atoms. The van der Waals surface area contributed by atoms with Gasteiger partial charge < -0.3 is 0 Å². The van der Waals surface area contributed by atoms with Crippen molar-refractivity contribution in [1.82, 2.24) is 4.72 Å². The van der Waals surface area contributed by atoms with Crippen molar-refractivity contribution >= 4 is 10.0 Å². The summed E-state index contributed by atoms with van der Waals surface area (Å²) in [6.07, 6.45) is 1.63. The van der Waals surface area contributed by atoms with Crippen LogP contribution in [0.1, 0.15) is 24.5 Å². The molecule has 4 heteroatoms. The molecule has 0 saturated carbocycles. The Morgan fingerprint density at radius 3 is 2.29 bits per heavy atom. The van der Waals surface area contributed by atoms with Crippen molar-refractivity contribution in [3.05, 3.63) is 65.7 Å². The second kappa shape index (κ2) is 6.87. The molecule has 0 radical (unpaired) electrons. The van der Waals surface area contributed by atoms with E-state index >= 15 is 0 Å². The molecule has 0 aliphatic heterocycles. The molecule has 1 unspecified atom stereocenters. The summed E-state index contributed by atoms with van der Waals surface area (Å²) in [5.74, 6) is 0. The Morgan fingerprint density at radius 2 is 1.62 bits per heavy atom. The molecule has 0 bridgehead atoms. The number of nitrogens with one attached hydrogen (secondary N) is 1. The summed E-state index contributed by atoms with van der Waals surface area (Å²) in [5, 5.41) is 0. The number of sulfonamides is 1. The molecule has 3 nitrogen and oxygen atoms in total. The van der Waals surface area contributed by atoms with E-state index in [9.17, 15) is 8.42 Å². The minimum atomic E-state index is -3.44. The second-order valence-corrected chi connectivity index (χ2v) is 6.99. The van der Waals surface area contributed by atoms with Gasteiger partial charge in [0.1, 0.15) is 0 Å². The standard InChI is InChI=1S/C17H21NO2S/c1-14-8-6-7-11-17(14)21(19,20)18-15(2)12-13-16-9-4-3-5-10-16/h3-11,15,18H,12-13H2,1-2H3. The molecule has 2 rings (SSSR count). The number of hydrogen-bond donors (Lipinski definition) is 1. The summed E-state index contributed by atoms with van der Waals surface area (Å²) >= 11 is 0. The number of benzene rings is 2. The molecule has 1 N–H and O–H groups in total. The summed E-state index contributed by atoms with van der Waals surface area (Å²) in [7, 11) is -3.44. The molecule has 2 aromatic carbocycles. The molecular weight excluding hydrogens is 282 g/mol. The van der Waals surface area contributed by atoms with Crippen molar-refractivity contribution < 1.29 is 8.42 Å². The summed E-state index contributed by atoms with van der Waals surface area (Å²) < 4.78 is 27.5. The van der Waals surface area contributed by atoms with Gasteiger partial charge in [-0.2, -0.15) is 0 Å². The summed E-state index contributed by atoms with van der Waals surface area (Å²) in [5.41, 5.74) is 1.99. The summed E-state index contributed by atoms with van der Waals surface area (Å²) in [4.78, 5) is 0.358. The van der Waals surface area contributed by atoms with Crippen LogP contribution >= 0.6 is 0 Å². The number of hydrogen-bond acceptors (Lipinski definition) is 2. The van der Waals surface area contributed by atoms with E-state index < -0.39 is 10.0 Å². The second-order valence-electron chi connectivity index (χ2n) is 5.31. The molecule has 2 aromatic rings. The Labute approximate surface area is 127 Å². The largest absolute Gasteiger partial charge is 0.241 e. The van der Waals surface area contributed by atoms with Crippen LogP contribution in [0, 0.1) is 6.92 Å². The van der Waals surface area contributed by atoms with Gasteiger partial charge in [-0.25, -0.2) is 13.1 Å². The lowest BCUT2D eigenvalue weighted by Crippen LogP contribution is -2.33. The van der Waals surface area contributed by atoms with E-state index in [0.29, 0.717) is 4.90 Å². The van der Waals surface area contributed by atoms with Crippen LogP contribution in [0.5, 0.6) is 0 Å². The van der Waals surface area contributed by atoms with Crippen LogP contribution in [0.4, 0.5) is 0 Å². The lowest BCUT2D eigenvalue weighted by molar-refractivity contribution is 0.546. The highest BCUT2D eigenvalue weighted by atomic mass is 32.2. The third-order valence-electron chi connectivity index (χ3n) is 3.45. The van der Waals surface area contributed by atoms with Gasteiger partial charge in [-0.3, -0.25) is 0 Å². The van der Waals surface area contributed by atoms with Crippen LogP contribution in [0.25, 0.3) is 0 Å². The minimum Gasteiger partial charge on any atom is -0.208 e. The maximum Gasteiger partial charge on any atom is 0.241 e. The average molecular weight is 303 g/mol. The molecule has 1 atom stereocenters. The molecule has 0 aliphatic rings. The van der Waals surface area contributed by atoms with E-state index in [-0.39, 0.29) is 6.04 Å². The first-order valence-corrected chi connectivity index (χ1v) is 8.59. The average Bonchev–Trinajstić information content (AvgIpc) is 2.46. The Kier molecular flexibility index (Phi) is 5.15. The van der Waals surface area contributed by atoms with Gasteiger partial charge in [0.05, 0.1) is 4.90 Å². The number of rotatable bonds is 6. The van der Waals surface area contributed by atoms with Gasteiger partial charge in [-0.05, 0) is 43.9 Å². The molecule has 0 heterocycles. The van der Waals surface area contributed by atoms with Crippen molar-refractivity contribution in [2.75, 3.05) is 0 Å². The molecule has 0 aromatic heterocycles. The SMILES string of the molecule is Cc1ccccc1S(=O)(=O)NC(C)CCc1ccccc1. The quantitative estimate of drug-likeness (QED) is 0.890. The lowest BCUT2D eigenvalue weighted by Gasteiger charge is -2.15. The molecule has 0 aliphatic carbocycles. The van der Waals surface area contributed by atoms with Crippen molar-refractivity contribution in [3.8, 4) is 0 Å². The maximum absolute atomic E-state index is 12.4. The first-order valence-electron chi connectivity index (χ1n) is 7.11. The van der Waals surface area contributed by atoms with E-state index in [1.807, 2.05) is 44.2 Å². The van der Waals surface area contributed by atoms with Gasteiger partial charge in [0.2, 0.25) is 10.0 Å². The van der Waals surface area contributed by atoms with Crippen LogP contribution in [0.2, 0.25) is 0 Å². The van der Waals surface area contributed by atoms with Crippen LogP contribution < -0.4 is 4.72 Å². The summed E-state index contributed by atoms with van der Waals surface area (Å²) in [6.45, 7) is 3.71. The van der Waals surface area contributed by atoms with Gasteiger partial charge in [0.15, 0.2) is 0 Å². The monoisotopic (exact) mass is 303 g/mol. The fraction of sp³-hybridized carbons (Fsp3) is 0.294. The lowest BCUT2D eigenvalue weighted by atomic mass is 10.1. The molecule has 0 spiro atoms. The molecular formula is C17H21NO2S. The van der Waals surface area contributed by atoms with Crippen LogP contribution in [0.15, 0.2) is 59.5 Å². The third-order valence-corrected chi connectivity index (χ3v) is 5.20. The highest BCUT2D eigenvalue weighted by Gasteiger charge is 2.18. The zero-order chi connectivity index (χ0) is 15.3. The van der Waals surface area contributed by atoms with Crippen molar-refractivity contribution in [1.29, 1.82) is 0 Å². The van der Waals surface area contributed by atoms with Crippen molar-refractivity contribution in [3.63, 3.8) is 0 Å². The van der Waals surface area contributed by atoms with E-state index in [2.05, 4.69) is 16.9 Å². The summed E-state index contributed by atoms with van der Waals surface area (Å²) in [6, 6.07) is 17.0. The zero-order valence-corrected chi connectivity index (χ0v) is 13.2. The number of aryl methyl sites for hydroxylation is 2.